The maximum atomic E-state index is 12.3. The highest BCUT2D eigenvalue weighted by Crippen LogP contribution is 2.10. The smallest absolute Gasteiger partial charge is 0.407 e. The Labute approximate surface area is 446 Å². The summed E-state index contributed by atoms with van der Waals surface area (Å²) in [6.45, 7) is 21.2. The van der Waals surface area contributed by atoms with Crippen molar-refractivity contribution in [1.29, 1.82) is 0 Å². The highest BCUT2D eigenvalue weighted by molar-refractivity contribution is 9.09. The van der Waals surface area contributed by atoms with Crippen molar-refractivity contribution in [2.24, 2.45) is 0 Å². The number of hydrogen-bond acceptors (Lipinski definition) is 14. The summed E-state index contributed by atoms with van der Waals surface area (Å²) in [5, 5.41) is 22.4. The van der Waals surface area contributed by atoms with E-state index < -0.39 is 35.0 Å². The number of benzene rings is 4. The molecule has 0 saturated carbocycles. The molecule has 6 N–H and O–H groups in total. The zero-order valence-corrected chi connectivity index (χ0v) is 46.1. The molecular weight excluding hydrogens is 1020 g/mol. The predicted molar refractivity (Wildman–Crippen MR) is 289 cm³/mol. The molecule has 0 radical (unpaired) electrons. The number of nitrogens with one attached hydrogen (secondary N) is 5. The first-order valence-electron chi connectivity index (χ1n) is 24.2. The molecule has 0 bridgehead atoms. The molecule has 0 fully saturated rings. The quantitative estimate of drug-likeness (QED) is 0.0188. The van der Waals surface area contributed by atoms with Crippen LogP contribution < -0.4 is 26.6 Å². The number of alkyl carbamates (subject to hydrolysis) is 3. The van der Waals surface area contributed by atoms with Crippen molar-refractivity contribution in [3.8, 4) is 0 Å². The van der Waals surface area contributed by atoms with Crippen molar-refractivity contribution in [3.63, 3.8) is 0 Å². The Bertz CT molecular complexity index is 2170. The molecule has 0 spiro atoms. The van der Waals surface area contributed by atoms with Crippen molar-refractivity contribution < 1.29 is 57.6 Å². The van der Waals surface area contributed by atoms with Crippen LogP contribution in [0.1, 0.15) is 84.6 Å². The van der Waals surface area contributed by atoms with Gasteiger partial charge in [0.1, 0.15) is 35.3 Å². The molecule has 0 aliphatic heterocycles. The summed E-state index contributed by atoms with van der Waals surface area (Å²) in [5.41, 5.74) is 2.76. The lowest BCUT2D eigenvalue weighted by Crippen LogP contribution is -2.39. The van der Waals surface area contributed by atoms with Crippen LogP contribution in [-0.4, -0.2) is 121 Å². The Morgan fingerprint density at radius 1 is 0.486 bits per heavy atom. The molecule has 0 aliphatic carbocycles. The fourth-order valence-electron chi connectivity index (χ4n) is 5.59. The topological polar surface area (TPSA) is 232 Å². The number of halogens is 1. The van der Waals surface area contributed by atoms with Gasteiger partial charge in [-0.05, 0) is 84.6 Å². The summed E-state index contributed by atoms with van der Waals surface area (Å²) in [4.78, 5) is 69.3. The lowest BCUT2D eigenvalue weighted by Gasteiger charge is -2.23. The van der Waals surface area contributed by atoms with E-state index in [2.05, 4.69) is 54.6 Å². The molecule has 19 heteroatoms. The lowest BCUT2D eigenvalue weighted by atomic mass is 10.2. The van der Waals surface area contributed by atoms with Gasteiger partial charge in [-0.2, -0.15) is 0 Å². The first-order valence-corrected chi connectivity index (χ1v) is 25.3. The second-order valence-electron chi connectivity index (χ2n) is 19.1. The van der Waals surface area contributed by atoms with Crippen LogP contribution in [-0.2, 0) is 64.4 Å². The van der Waals surface area contributed by atoms with E-state index in [-0.39, 0.29) is 43.1 Å². The summed E-state index contributed by atoms with van der Waals surface area (Å²) >= 11 is 3.01. The third-order valence-corrected chi connectivity index (χ3v) is 9.14. The van der Waals surface area contributed by atoms with Gasteiger partial charge in [-0.3, -0.25) is 19.3 Å². The molecular formula is C55H79BrN6O12. The molecule has 4 aromatic carbocycles. The van der Waals surface area contributed by atoms with Gasteiger partial charge in [-0.15, -0.1) is 0 Å². The average molecular weight is 1100 g/mol. The number of carbonyl (C=O) groups is 6. The van der Waals surface area contributed by atoms with Crippen LogP contribution in [0.5, 0.6) is 0 Å². The first kappa shape index (κ1) is 65.5. The average Bonchev–Trinajstić information content (AvgIpc) is 3.32. The fraction of sp³-hybridized carbons (Fsp3) is 0.455. The number of carboxylic acid groups (broad SMARTS) is 1. The molecule has 74 heavy (non-hydrogen) atoms. The second-order valence-corrected chi connectivity index (χ2v) is 19.7. The second kappa shape index (κ2) is 37.2. The number of ether oxygens (including phenoxy) is 5. The van der Waals surface area contributed by atoms with Crippen molar-refractivity contribution in [2.75, 3.05) is 57.7 Å². The van der Waals surface area contributed by atoms with E-state index in [1.807, 2.05) is 156 Å². The monoisotopic (exact) mass is 1090 g/mol. The number of hydrogen-bond donors (Lipinski definition) is 6. The Kier molecular flexibility index (Phi) is 32.9. The van der Waals surface area contributed by atoms with Crippen LogP contribution in [0.25, 0.3) is 0 Å². The largest absolute Gasteiger partial charge is 0.480 e. The summed E-state index contributed by atoms with van der Waals surface area (Å²) in [6.07, 6.45) is -1.34. The van der Waals surface area contributed by atoms with Crippen LogP contribution in [0.15, 0.2) is 121 Å². The van der Waals surface area contributed by atoms with Gasteiger partial charge in [0, 0.05) is 52.4 Å². The van der Waals surface area contributed by atoms with Gasteiger partial charge in [0.05, 0.1) is 13.1 Å². The van der Waals surface area contributed by atoms with E-state index in [0.29, 0.717) is 52.4 Å². The number of carbonyl (C=O) groups excluding carboxylic acids is 5. The number of carboxylic acids is 1. The summed E-state index contributed by atoms with van der Waals surface area (Å²) < 4.78 is 25.6. The SMILES string of the molecule is CC(C)(C)OC(=O)NCCN(CC(=O)OCc1ccccc1)Cc1ccccc1.CC(C)(C)OC(=O)NCCNCC(=O)O.CC(C)(C)OC(=O)NCCNCc1ccccc1.O=C(CBr)OCc1ccccc1. The minimum absolute atomic E-state index is 0.115. The zero-order valence-electron chi connectivity index (χ0n) is 44.5. The molecule has 0 aromatic heterocycles. The van der Waals surface area contributed by atoms with Crippen molar-refractivity contribution in [3.05, 3.63) is 144 Å². The maximum absolute atomic E-state index is 12.3. The number of aliphatic carboxylic acids is 1. The highest BCUT2D eigenvalue weighted by Gasteiger charge is 2.19. The lowest BCUT2D eigenvalue weighted by molar-refractivity contribution is -0.146. The van der Waals surface area contributed by atoms with Crippen molar-refractivity contribution >= 4 is 52.1 Å². The van der Waals surface area contributed by atoms with E-state index in [4.69, 9.17) is 28.8 Å². The molecule has 0 aliphatic rings. The van der Waals surface area contributed by atoms with Crippen molar-refractivity contribution in [1.82, 2.24) is 31.5 Å². The molecule has 4 rings (SSSR count). The zero-order chi connectivity index (χ0) is 55.3. The number of nitrogens with zero attached hydrogens (tertiary/aromatic N) is 1. The molecule has 4 aromatic rings. The molecule has 0 atom stereocenters. The summed E-state index contributed by atoms with van der Waals surface area (Å²) in [7, 11) is 0. The minimum Gasteiger partial charge on any atom is -0.480 e. The van der Waals surface area contributed by atoms with Gasteiger partial charge < -0.3 is 55.4 Å². The van der Waals surface area contributed by atoms with Crippen LogP contribution in [0.2, 0.25) is 0 Å². The standard InChI is InChI=1S/C23H30N2O4.C14H22N2O2.C9H9BrO2.C9H18N2O4/c1-23(2,3)29-22(27)24-14-15-25(16-19-10-6-4-7-11-19)17-21(26)28-18-20-12-8-5-9-13-20;1-14(2,3)18-13(17)16-10-9-15-11-12-7-5-4-6-8-12;10-6-9(11)12-7-8-4-2-1-3-5-8;1-9(2,3)15-8(14)11-5-4-10-6-7(12)13/h4-13H,14-18H2,1-3H3,(H,24,27);4-8,15H,9-11H2,1-3H3,(H,16,17);1-5H,6-7H2;10H,4-6H2,1-3H3,(H,11,14)(H,12,13). The Balaban J connectivity index is 0.000000525. The molecule has 0 unspecified atom stereocenters. The third kappa shape index (κ3) is 40.0. The number of alkyl halides is 1. The van der Waals surface area contributed by atoms with E-state index in [0.717, 1.165) is 23.2 Å². The number of amides is 3. The minimum atomic E-state index is -0.924. The van der Waals surface area contributed by atoms with Crippen LogP contribution >= 0.6 is 15.9 Å². The van der Waals surface area contributed by atoms with Crippen LogP contribution in [0, 0.1) is 0 Å². The van der Waals surface area contributed by atoms with Gasteiger partial charge in [0.15, 0.2) is 0 Å². The molecule has 0 heterocycles. The summed E-state index contributed by atoms with van der Waals surface area (Å²) in [5.74, 6) is -1.46. The summed E-state index contributed by atoms with van der Waals surface area (Å²) in [6, 6.07) is 39.2. The van der Waals surface area contributed by atoms with Gasteiger partial charge in [0.2, 0.25) is 0 Å². The van der Waals surface area contributed by atoms with Crippen LogP contribution in [0.4, 0.5) is 14.4 Å². The van der Waals surface area contributed by atoms with E-state index in [1.165, 1.54) is 5.56 Å². The van der Waals surface area contributed by atoms with E-state index >= 15 is 0 Å². The molecule has 3 amide bonds. The Morgan fingerprint density at radius 2 is 0.851 bits per heavy atom. The number of rotatable bonds is 22. The number of esters is 2. The van der Waals surface area contributed by atoms with Gasteiger partial charge in [0.25, 0.3) is 0 Å². The van der Waals surface area contributed by atoms with E-state index in [9.17, 15) is 28.8 Å². The van der Waals surface area contributed by atoms with Crippen LogP contribution in [0.3, 0.4) is 0 Å². The fourth-order valence-corrected chi connectivity index (χ4v) is 5.75. The van der Waals surface area contributed by atoms with Gasteiger partial charge in [-0.25, -0.2) is 14.4 Å². The molecule has 0 saturated heterocycles. The maximum Gasteiger partial charge on any atom is 0.407 e. The predicted octanol–water partition coefficient (Wildman–Crippen LogP) is 8.37. The molecule has 408 valence electrons. The Hall–Kier alpha value is -6.54. The highest BCUT2D eigenvalue weighted by atomic mass is 79.9. The normalized spacial score (nSPS) is 10.8. The van der Waals surface area contributed by atoms with Crippen molar-refractivity contribution in [2.45, 2.75) is 105 Å². The third-order valence-electron chi connectivity index (χ3n) is 8.68. The Morgan fingerprint density at radius 3 is 1.24 bits per heavy atom. The first-order chi connectivity index (χ1) is 34.9. The van der Waals surface area contributed by atoms with E-state index in [1.54, 1.807) is 20.8 Å². The molecule has 18 nitrogen and oxygen atoms in total. The van der Waals surface area contributed by atoms with Gasteiger partial charge >= 0.3 is 36.2 Å². The van der Waals surface area contributed by atoms with Gasteiger partial charge in [-0.1, -0.05) is 137 Å².